The first-order valence-electron chi connectivity index (χ1n) is 9.08. The van der Waals surface area contributed by atoms with Crippen molar-refractivity contribution in [1.82, 2.24) is 4.98 Å². The number of hydrogen-bond donors (Lipinski definition) is 0. The Bertz CT molecular complexity index is 742. The number of nitrogens with zero attached hydrogens (tertiary/aromatic N) is 2. The van der Waals surface area contributed by atoms with Crippen LogP contribution in [-0.4, -0.2) is 38.2 Å². The van der Waals surface area contributed by atoms with Gasteiger partial charge in [0, 0.05) is 6.07 Å². The van der Waals surface area contributed by atoms with Gasteiger partial charge in [0.25, 0.3) is 0 Å². The molecule has 7 nitrogen and oxygen atoms in total. The minimum absolute atomic E-state index is 0.198. The fourth-order valence-electron chi connectivity index (χ4n) is 3.01. The first kappa shape index (κ1) is 21.7. The largest absolute Gasteiger partial charge is 0.545 e. The van der Waals surface area contributed by atoms with Crippen molar-refractivity contribution in [2.45, 2.75) is 70.9 Å². The van der Waals surface area contributed by atoms with Crippen molar-refractivity contribution in [3.05, 3.63) is 45.8 Å². The molecular formula is C18H30N2O5Si2. The monoisotopic (exact) mass is 410 g/mol. The van der Waals surface area contributed by atoms with Gasteiger partial charge in [0.05, 0.1) is 6.10 Å². The molecule has 1 aromatic heterocycles. The molecule has 27 heavy (non-hydrogen) atoms. The van der Waals surface area contributed by atoms with Gasteiger partial charge in [-0.3, -0.25) is 0 Å². The molecule has 0 N–H and O–H groups in total. The quantitative estimate of drug-likeness (QED) is 0.381. The minimum atomic E-state index is -1.91. The Balaban J connectivity index is 2.50. The van der Waals surface area contributed by atoms with E-state index in [1.54, 1.807) is 6.07 Å². The molecule has 0 radical (unpaired) electrons. The summed E-state index contributed by atoms with van der Waals surface area (Å²) in [5, 5.41) is 11.1. The zero-order chi connectivity index (χ0) is 20.6. The number of hydrogen-bond acceptors (Lipinski definition) is 6. The van der Waals surface area contributed by atoms with E-state index < -0.39 is 33.3 Å². The molecule has 9 heteroatoms. The Morgan fingerprint density at radius 2 is 1.85 bits per heavy atom. The van der Waals surface area contributed by atoms with E-state index in [0.717, 1.165) is 5.76 Å². The van der Waals surface area contributed by atoms with E-state index in [1.807, 2.05) is 19.9 Å². The highest BCUT2D eigenvalue weighted by Gasteiger charge is 2.47. The molecule has 1 aliphatic heterocycles. The summed E-state index contributed by atoms with van der Waals surface area (Å²) in [6, 6.07) is 3.18. The summed E-state index contributed by atoms with van der Waals surface area (Å²) < 4.78 is 19.1. The van der Waals surface area contributed by atoms with E-state index in [4.69, 9.17) is 13.6 Å². The van der Waals surface area contributed by atoms with E-state index in [0.29, 0.717) is 5.56 Å². The highest BCUT2D eigenvalue weighted by atomic mass is 28.4. The summed E-state index contributed by atoms with van der Waals surface area (Å²) in [4.78, 5) is 14.4. The number of pyridine rings is 1. The van der Waals surface area contributed by atoms with Crippen LogP contribution in [0.25, 0.3) is 0 Å². The van der Waals surface area contributed by atoms with Crippen molar-refractivity contribution in [2.75, 3.05) is 0 Å². The van der Waals surface area contributed by atoms with Gasteiger partial charge in [0.1, 0.15) is 23.7 Å². The lowest BCUT2D eigenvalue weighted by Gasteiger charge is -2.47. The normalized spacial score (nSPS) is 26.4. The Labute approximate surface area is 163 Å². The molecular weight excluding hydrogens is 380 g/mol. The predicted molar refractivity (Wildman–Crippen MR) is 110 cm³/mol. The van der Waals surface area contributed by atoms with E-state index in [2.05, 4.69) is 44.3 Å². The summed E-state index contributed by atoms with van der Waals surface area (Å²) >= 11 is 0. The lowest BCUT2D eigenvalue weighted by molar-refractivity contribution is -0.389. The van der Waals surface area contributed by atoms with Crippen LogP contribution in [0, 0.1) is 10.1 Å². The molecule has 1 aromatic rings. The highest BCUT2D eigenvalue weighted by Crippen LogP contribution is 2.41. The molecule has 0 aliphatic carbocycles. The first-order chi connectivity index (χ1) is 12.2. The number of rotatable bonds is 6. The minimum Gasteiger partial charge on any atom is -0.545 e. The van der Waals surface area contributed by atoms with Crippen molar-refractivity contribution < 1.29 is 18.5 Å². The van der Waals surface area contributed by atoms with Crippen molar-refractivity contribution >= 4 is 22.5 Å². The summed E-state index contributed by atoms with van der Waals surface area (Å²) in [6.45, 7) is 16.7. The molecule has 2 rings (SSSR count). The van der Waals surface area contributed by atoms with Crippen molar-refractivity contribution in [3.8, 4) is 0 Å². The SMILES string of the molecule is CC1OC(c2ccnc([N+](=O)[O-])c2)C=C(O[Si](C)(C)C)C1(C)O[Si](C)(C)C. The lowest BCUT2D eigenvalue weighted by Crippen LogP contribution is -2.54. The highest BCUT2D eigenvalue weighted by molar-refractivity contribution is 6.70. The summed E-state index contributed by atoms with van der Waals surface area (Å²) in [6.07, 6.45) is 2.60. The third-order valence-corrected chi connectivity index (χ3v) is 6.01. The van der Waals surface area contributed by atoms with Crippen LogP contribution in [0.15, 0.2) is 30.2 Å². The second-order valence-electron chi connectivity index (χ2n) is 8.97. The van der Waals surface area contributed by atoms with Gasteiger partial charge in [-0.25, -0.2) is 0 Å². The van der Waals surface area contributed by atoms with Crippen LogP contribution in [0.1, 0.15) is 25.5 Å². The van der Waals surface area contributed by atoms with Gasteiger partial charge < -0.3 is 23.7 Å². The van der Waals surface area contributed by atoms with E-state index >= 15 is 0 Å². The van der Waals surface area contributed by atoms with Crippen LogP contribution in [0.5, 0.6) is 0 Å². The molecule has 0 bridgehead atoms. The van der Waals surface area contributed by atoms with E-state index in [9.17, 15) is 10.1 Å². The average Bonchev–Trinajstić information content (AvgIpc) is 2.49. The molecule has 0 amide bonds. The summed E-state index contributed by atoms with van der Waals surface area (Å²) in [5.74, 6) is 0.559. The lowest BCUT2D eigenvalue weighted by atomic mass is 9.92. The second-order valence-corrected chi connectivity index (χ2v) is 17.8. The molecule has 3 unspecified atom stereocenters. The maximum absolute atomic E-state index is 11.1. The zero-order valence-corrected chi connectivity index (χ0v) is 19.4. The molecule has 150 valence electrons. The Hall–Kier alpha value is -1.56. The number of ether oxygens (including phenoxy) is 1. The molecule has 0 fully saturated rings. The van der Waals surface area contributed by atoms with Gasteiger partial charge in [-0.1, -0.05) is 0 Å². The molecule has 3 atom stereocenters. The van der Waals surface area contributed by atoms with Crippen molar-refractivity contribution in [2.24, 2.45) is 0 Å². The number of nitro groups is 1. The van der Waals surface area contributed by atoms with Gasteiger partial charge in [0.15, 0.2) is 8.32 Å². The maximum atomic E-state index is 11.1. The van der Waals surface area contributed by atoms with Crippen LogP contribution >= 0.6 is 0 Å². The maximum Gasteiger partial charge on any atom is 0.363 e. The van der Waals surface area contributed by atoms with Crippen LogP contribution in [-0.2, 0) is 13.6 Å². The standard InChI is InChI=1S/C18H30N2O5Si2/c1-13-18(2,25-27(6,7)8)16(24-26(3,4)5)12-15(23-13)14-9-10-19-17(11-14)20(21)22/h9-13,15H,1-8H3. The fourth-order valence-corrected chi connectivity index (χ4v) is 5.48. The second kappa shape index (κ2) is 7.46. The molecule has 0 saturated heterocycles. The van der Waals surface area contributed by atoms with E-state index in [-0.39, 0.29) is 11.9 Å². The smallest absolute Gasteiger partial charge is 0.363 e. The molecule has 1 aliphatic rings. The summed E-state index contributed by atoms with van der Waals surface area (Å²) in [7, 11) is -3.79. The van der Waals surface area contributed by atoms with Crippen LogP contribution in [0.4, 0.5) is 5.82 Å². The Kier molecular flexibility index (Phi) is 6.00. The van der Waals surface area contributed by atoms with Gasteiger partial charge in [-0.05, 0) is 80.7 Å². The van der Waals surface area contributed by atoms with Gasteiger partial charge in [0.2, 0.25) is 8.32 Å². The first-order valence-corrected chi connectivity index (χ1v) is 15.9. The van der Waals surface area contributed by atoms with E-state index in [1.165, 1.54) is 12.3 Å². The Morgan fingerprint density at radius 3 is 2.37 bits per heavy atom. The molecule has 2 heterocycles. The Morgan fingerprint density at radius 1 is 1.22 bits per heavy atom. The van der Waals surface area contributed by atoms with Crippen LogP contribution in [0.3, 0.4) is 0 Å². The van der Waals surface area contributed by atoms with Crippen LogP contribution in [0.2, 0.25) is 39.3 Å². The number of aromatic nitrogens is 1. The van der Waals surface area contributed by atoms with Crippen LogP contribution < -0.4 is 0 Å². The van der Waals surface area contributed by atoms with Crippen molar-refractivity contribution in [3.63, 3.8) is 0 Å². The topological polar surface area (TPSA) is 83.7 Å². The predicted octanol–water partition coefficient (Wildman–Crippen LogP) is 4.80. The third kappa shape index (κ3) is 5.47. The van der Waals surface area contributed by atoms with Crippen molar-refractivity contribution in [1.29, 1.82) is 0 Å². The fraction of sp³-hybridized carbons (Fsp3) is 0.611. The molecule has 0 aromatic carbocycles. The molecule has 0 saturated carbocycles. The van der Waals surface area contributed by atoms with Gasteiger partial charge >= 0.3 is 5.82 Å². The third-order valence-electron chi connectivity index (χ3n) is 4.14. The summed E-state index contributed by atoms with van der Waals surface area (Å²) in [5.41, 5.74) is -0.0180. The average molecular weight is 411 g/mol. The van der Waals surface area contributed by atoms with Gasteiger partial charge in [-0.2, -0.15) is 0 Å². The van der Waals surface area contributed by atoms with Gasteiger partial charge in [-0.15, -0.1) is 0 Å². The zero-order valence-electron chi connectivity index (χ0n) is 17.4. The molecule has 0 spiro atoms.